The smallest absolute Gasteiger partial charge is 0.504 e. The van der Waals surface area contributed by atoms with Crippen LogP contribution in [0.25, 0.3) is 0 Å². The molecule has 3 aliphatic rings. The van der Waals surface area contributed by atoms with Crippen molar-refractivity contribution in [3.63, 3.8) is 0 Å². The number of likely N-dealkylation sites (tertiary alicyclic amines) is 1. The second-order valence-corrected chi connectivity index (χ2v) is 16.7. The lowest BCUT2D eigenvalue weighted by Gasteiger charge is -2.59. The van der Waals surface area contributed by atoms with Crippen LogP contribution in [0.2, 0.25) is 0 Å². The van der Waals surface area contributed by atoms with E-state index in [4.69, 9.17) is 33.2 Å². The van der Waals surface area contributed by atoms with Crippen LogP contribution in [0.3, 0.4) is 0 Å². The van der Waals surface area contributed by atoms with Gasteiger partial charge >= 0.3 is 24.2 Å². The lowest BCUT2D eigenvalue weighted by molar-refractivity contribution is -0.201. The number of carbonyl (C=O) groups is 6. The molecule has 57 heavy (non-hydrogen) atoms. The number of likely N-dealkylation sites (N-methyl/N-ethyl adjacent to an activating group) is 1. The number of aryl methyl sites for hydroxylation is 1. The summed E-state index contributed by atoms with van der Waals surface area (Å²) in [5.74, 6) is -2.36. The highest BCUT2D eigenvalue weighted by molar-refractivity contribution is 5.83. The minimum Gasteiger partial charge on any atom is -0.504 e. The molecular formula is C40H57N3O14. The van der Waals surface area contributed by atoms with Crippen molar-refractivity contribution in [1.82, 2.24) is 15.5 Å². The number of carbonyl (C=O) groups excluding carboxylic acids is 6. The molecule has 1 fully saturated rings. The van der Waals surface area contributed by atoms with Crippen LogP contribution >= 0.6 is 0 Å². The summed E-state index contributed by atoms with van der Waals surface area (Å²) in [5.41, 5.74) is -2.63. The van der Waals surface area contributed by atoms with Gasteiger partial charge in [-0.15, -0.1) is 0 Å². The first-order valence-corrected chi connectivity index (χ1v) is 19.1. The van der Waals surface area contributed by atoms with Crippen LogP contribution in [0.5, 0.6) is 11.5 Å². The fraction of sp³-hybridized carbons (Fsp3) is 0.650. The molecule has 17 heteroatoms. The van der Waals surface area contributed by atoms with E-state index in [0.717, 1.165) is 5.56 Å². The maximum Gasteiger partial charge on any atom is 0.509 e. The predicted molar refractivity (Wildman–Crippen MR) is 202 cm³/mol. The number of amides is 2. The van der Waals surface area contributed by atoms with Gasteiger partial charge in [0.05, 0.1) is 18.3 Å². The lowest BCUT2D eigenvalue weighted by Crippen LogP contribution is -2.73. The number of fused-ring (bicyclic) bond motifs is 1. The van der Waals surface area contributed by atoms with E-state index in [9.17, 15) is 33.9 Å². The number of nitrogens with zero attached hydrogens (tertiary/aromatic N) is 1. The largest absolute Gasteiger partial charge is 0.509 e. The van der Waals surface area contributed by atoms with Crippen LogP contribution in [-0.4, -0.2) is 114 Å². The summed E-state index contributed by atoms with van der Waals surface area (Å²) in [6.07, 6.45) is -3.70. The average Bonchev–Trinajstić information content (AvgIpc) is 3.45. The van der Waals surface area contributed by atoms with E-state index in [1.165, 1.54) is 19.9 Å². The first-order valence-electron chi connectivity index (χ1n) is 19.1. The molecule has 3 N–H and O–H groups in total. The molecule has 0 aromatic heterocycles. The van der Waals surface area contributed by atoms with Crippen LogP contribution in [0, 0.1) is 6.92 Å². The van der Waals surface area contributed by atoms with E-state index in [2.05, 4.69) is 15.5 Å². The molecule has 1 aliphatic carbocycles. The molecule has 0 radical (unpaired) electrons. The van der Waals surface area contributed by atoms with E-state index in [0.29, 0.717) is 18.5 Å². The number of phenolic OH excluding ortho intramolecular Hbond substituents is 1. The minimum absolute atomic E-state index is 0.102. The maximum absolute atomic E-state index is 13.8. The normalized spacial score (nSPS) is 23.7. The summed E-state index contributed by atoms with van der Waals surface area (Å²) in [5, 5.41) is 16.2. The molecule has 316 valence electrons. The van der Waals surface area contributed by atoms with Gasteiger partial charge in [-0.05, 0) is 107 Å². The zero-order valence-electron chi connectivity index (χ0n) is 34.7. The number of hydrogen-bond donors (Lipinski definition) is 3. The molecule has 0 saturated carbocycles. The SMILES string of the molecule is Cc1ccc(O)c2c1[C@]13CCN(C)[C@H](C)[C@]1(OC(=O)CCNC(=O)[C@H](C)OC(=O)OC(C)(C)C)CC=C(OC(=O)CCNC(=O)[C@H](C)OC(=O)OC(C)(C)C)[C@@H]3O2. The standard InChI is InChI=1S/C40H57N3O14/c1-22-12-13-26(44)31-30(22)39-18-21-43(11)25(4)40(39,55-29(46)16-20-42-34(48)24(3)52-36(50)57-38(8,9)10)17-14-27(32(39)54-31)53-28(45)15-19-41-33(47)23(2)51-35(49)56-37(5,6)7/h12-14,23-25,32,44H,15-21H2,1-11H3,(H,41,47)(H,42,48)/t23-,24-,25+,32-,39-,40+/m0/s1. The number of piperidine rings is 1. The number of phenols is 1. The third kappa shape index (κ3) is 10.1. The highest BCUT2D eigenvalue weighted by atomic mass is 16.7. The predicted octanol–water partition coefficient (Wildman–Crippen LogP) is 4.23. The lowest BCUT2D eigenvalue weighted by atomic mass is 9.54. The Kier molecular flexibility index (Phi) is 13.5. The second kappa shape index (κ2) is 17.2. The van der Waals surface area contributed by atoms with Crippen molar-refractivity contribution in [1.29, 1.82) is 0 Å². The zero-order chi connectivity index (χ0) is 42.7. The molecule has 0 bridgehead atoms. The number of esters is 2. The summed E-state index contributed by atoms with van der Waals surface area (Å²) in [4.78, 5) is 78.4. The molecule has 1 saturated heterocycles. The average molecular weight is 804 g/mol. The first-order chi connectivity index (χ1) is 26.4. The van der Waals surface area contributed by atoms with Crippen molar-refractivity contribution >= 4 is 36.1 Å². The Bertz CT molecular complexity index is 1760. The van der Waals surface area contributed by atoms with Gasteiger partial charge in [-0.3, -0.25) is 24.1 Å². The molecule has 1 spiro atoms. The van der Waals surface area contributed by atoms with Gasteiger partial charge < -0.3 is 48.9 Å². The van der Waals surface area contributed by atoms with E-state index in [1.807, 2.05) is 20.9 Å². The Balaban J connectivity index is 1.51. The number of rotatable bonds is 12. The van der Waals surface area contributed by atoms with Gasteiger partial charge in [0.15, 0.2) is 29.8 Å². The van der Waals surface area contributed by atoms with Gasteiger partial charge in [0.1, 0.15) is 22.6 Å². The van der Waals surface area contributed by atoms with Gasteiger partial charge in [-0.2, -0.15) is 0 Å². The fourth-order valence-corrected chi connectivity index (χ4v) is 7.44. The second-order valence-electron chi connectivity index (χ2n) is 16.7. The summed E-state index contributed by atoms with van der Waals surface area (Å²) < 4.78 is 39.2. The number of ether oxygens (including phenoxy) is 7. The Morgan fingerprint density at radius 2 is 1.42 bits per heavy atom. The number of hydrogen-bond acceptors (Lipinski definition) is 15. The van der Waals surface area contributed by atoms with Crippen LogP contribution in [-0.2, 0) is 53.0 Å². The van der Waals surface area contributed by atoms with Gasteiger partial charge in [0.2, 0.25) is 0 Å². The van der Waals surface area contributed by atoms with Crippen LogP contribution in [0.15, 0.2) is 24.0 Å². The first kappa shape index (κ1) is 44.7. The van der Waals surface area contributed by atoms with Crippen molar-refractivity contribution in [2.75, 3.05) is 26.7 Å². The van der Waals surface area contributed by atoms with E-state index in [-0.39, 0.29) is 49.6 Å². The molecule has 17 nitrogen and oxygen atoms in total. The topological polar surface area (TPSA) is 215 Å². The molecule has 0 unspecified atom stereocenters. The van der Waals surface area contributed by atoms with Crippen molar-refractivity contribution < 1.29 is 67.0 Å². The summed E-state index contributed by atoms with van der Waals surface area (Å²) in [6, 6.07) is 2.86. The summed E-state index contributed by atoms with van der Waals surface area (Å²) in [6.45, 7) is 16.8. The number of benzene rings is 1. The minimum atomic E-state index is -1.29. The zero-order valence-corrected chi connectivity index (χ0v) is 34.7. The molecule has 1 aromatic carbocycles. The highest BCUT2D eigenvalue weighted by Crippen LogP contribution is 2.63. The molecule has 2 amide bonds. The van der Waals surface area contributed by atoms with Crippen molar-refractivity contribution in [3.8, 4) is 11.5 Å². The Labute approximate surface area is 333 Å². The van der Waals surface area contributed by atoms with Gasteiger partial charge in [-0.1, -0.05) is 6.07 Å². The molecular weight excluding hydrogens is 746 g/mol. The summed E-state index contributed by atoms with van der Waals surface area (Å²) in [7, 11) is 1.91. The van der Waals surface area contributed by atoms with Crippen molar-refractivity contribution in [2.45, 2.75) is 141 Å². The molecule has 2 aliphatic heterocycles. The quantitative estimate of drug-likeness (QED) is 0.199. The van der Waals surface area contributed by atoms with Gasteiger partial charge in [0, 0.05) is 31.1 Å². The number of nitrogens with one attached hydrogen (secondary N) is 2. The van der Waals surface area contributed by atoms with Crippen molar-refractivity contribution in [3.05, 3.63) is 35.1 Å². The number of aromatic hydroxyl groups is 1. The van der Waals surface area contributed by atoms with E-state index in [1.54, 1.807) is 53.7 Å². The third-order valence-electron chi connectivity index (χ3n) is 10.1. The van der Waals surface area contributed by atoms with E-state index >= 15 is 0 Å². The Morgan fingerprint density at radius 3 is 1.95 bits per heavy atom. The highest BCUT2D eigenvalue weighted by Gasteiger charge is 2.71. The maximum atomic E-state index is 13.8. The molecule has 1 aromatic rings. The van der Waals surface area contributed by atoms with Crippen LogP contribution in [0.4, 0.5) is 9.59 Å². The fourth-order valence-electron chi connectivity index (χ4n) is 7.44. The van der Waals surface area contributed by atoms with E-state index < -0.39 is 82.6 Å². The Morgan fingerprint density at radius 1 is 0.895 bits per heavy atom. The third-order valence-corrected chi connectivity index (χ3v) is 10.1. The monoisotopic (exact) mass is 803 g/mol. The molecule has 6 atom stereocenters. The van der Waals surface area contributed by atoms with Gasteiger partial charge in [-0.25, -0.2) is 9.59 Å². The van der Waals surface area contributed by atoms with Gasteiger partial charge in [0.25, 0.3) is 11.8 Å². The molecule has 4 rings (SSSR count). The van der Waals surface area contributed by atoms with Crippen LogP contribution in [0.1, 0.15) is 99.1 Å². The molecule has 2 heterocycles. The van der Waals surface area contributed by atoms with Crippen molar-refractivity contribution in [2.24, 2.45) is 0 Å². The Hall–Kier alpha value is -5.06. The van der Waals surface area contributed by atoms with Crippen LogP contribution < -0.4 is 15.4 Å². The summed E-state index contributed by atoms with van der Waals surface area (Å²) >= 11 is 0.